The van der Waals surface area contributed by atoms with Crippen molar-refractivity contribution in [1.82, 2.24) is 10.3 Å². The standard InChI is InChI=1S/C12H14Cl2N2O3/c1-18-12(2-3-19-7-12)6-15-11(17)8-4-9(13)16-10(14)5-8/h4-5H,2-3,6-7H2,1H3,(H,15,17). The number of carbonyl (C=O) groups excluding carboxylic acids is 1. The van der Waals surface area contributed by atoms with Gasteiger partial charge in [0.15, 0.2) is 0 Å². The highest BCUT2D eigenvalue weighted by Crippen LogP contribution is 2.22. The van der Waals surface area contributed by atoms with E-state index in [2.05, 4.69) is 10.3 Å². The van der Waals surface area contributed by atoms with Crippen LogP contribution in [0, 0.1) is 0 Å². The Labute approximate surface area is 121 Å². The highest BCUT2D eigenvalue weighted by atomic mass is 35.5. The lowest BCUT2D eigenvalue weighted by Crippen LogP contribution is -2.45. The summed E-state index contributed by atoms with van der Waals surface area (Å²) in [5, 5.41) is 3.17. The molecule has 1 amide bonds. The summed E-state index contributed by atoms with van der Waals surface area (Å²) >= 11 is 11.5. The zero-order chi connectivity index (χ0) is 13.9. The smallest absolute Gasteiger partial charge is 0.251 e. The molecule has 0 aliphatic carbocycles. The van der Waals surface area contributed by atoms with E-state index in [9.17, 15) is 4.79 Å². The van der Waals surface area contributed by atoms with E-state index >= 15 is 0 Å². The minimum absolute atomic E-state index is 0.184. The van der Waals surface area contributed by atoms with Crippen LogP contribution in [0.1, 0.15) is 16.8 Å². The number of hydrogen-bond acceptors (Lipinski definition) is 4. The molecule has 7 heteroatoms. The zero-order valence-electron chi connectivity index (χ0n) is 10.4. The number of pyridine rings is 1. The van der Waals surface area contributed by atoms with Crippen molar-refractivity contribution in [3.05, 3.63) is 28.0 Å². The second-order valence-electron chi connectivity index (χ2n) is 4.37. The van der Waals surface area contributed by atoms with Gasteiger partial charge < -0.3 is 14.8 Å². The van der Waals surface area contributed by atoms with Crippen LogP contribution in [-0.4, -0.2) is 43.4 Å². The number of ether oxygens (including phenoxy) is 2. The Hall–Kier alpha value is -0.880. The van der Waals surface area contributed by atoms with Crippen molar-refractivity contribution in [3.63, 3.8) is 0 Å². The van der Waals surface area contributed by atoms with Gasteiger partial charge in [0.2, 0.25) is 0 Å². The van der Waals surface area contributed by atoms with Crippen LogP contribution in [0.4, 0.5) is 0 Å². The Bertz CT molecular complexity index is 456. The average molecular weight is 305 g/mol. The van der Waals surface area contributed by atoms with E-state index in [0.29, 0.717) is 25.3 Å². The maximum atomic E-state index is 12.0. The van der Waals surface area contributed by atoms with Gasteiger partial charge in [-0.2, -0.15) is 0 Å². The van der Waals surface area contributed by atoms with Crippen LogP contribution in [0.3, 0.4) is 0 Å². The first-order valence-electron chi connectivity index (χ1n) is 5.79. The largest absolute Gasteiger partial charge is 0.378 e. The molecule has 0 spiro atoms. The van der Waals surface area contributed by atoms with Gasteiger partial charge in [0.25, 0.3) is 5.91 Å². The third-order valence-corrected chi connectivity index (χ3v) is 3.48. The van der Waals surface area contributed by atoms with Gasteiger partial charge in [-0.1, -0.05) is 23.2 Å². The summed E-state index contributed by atoms with van der Waals surface area (Å²) in [6.45, 7) is 1.48. The van der Waals surface area contributed by atoms with Gasteiger partial charge >= 0.3 is 0 Å². The van der Waals surface area contributed by atoms with Crippen molar-refractivity contribution in [2.45, 2.75) is 12.0 Å². The number of nitrogens with one attached hydrogen (secondary N) is 1. The Morgan fingerprint density at radius 2 is 2.21 bits per heavy atom. The summed E-state index contributed by atoms with van der Waals surface area (Å²) in [5.74, 6) is -0.269. The van der Waals surface area contributed by atoms with Gasteiger partial charge in [0.05, 0.1) is 6.61 Å². The third-order valence-electron chi connectivity index (χ3n) is 3.10. The number of hydrogen-bond donors (Lipinski definition) is 1. The van der Waals surface area contributed by atoms with Crippen LogP contribution in [0.25, 0.3) is 0 Å². The number of amides is 1. The lowest BCUT2D eigenvalue weighted by atomic mass is 10.0. The fourth-order valence-electron chi connectivity index (χ4n) is 1.90. The minimum atomic E-state index is -0.448. The number of rotatable bonds is 4. The van der Waals surface area contributed by atoms with E-state index in [1.54, 1.807) is 7.11 Å². The van der Waals surface area contributed by atoms with Crippen LogP contribution < -0.4 is 5.32 Å². The highest BCUT2D eigenvalue weighted by Gasteiger charge is 2.35. The Morgan fingerprint density at radius 1 is 1.53 bits per heavy atom. The second-order valence-corrected chi connectivity index (χ2v) is 5.15. The van der Waals surface area contributed by atoms with Crippen molar-refractivity contribution in [2.75, 3.05) is 26.9 Å². The first-order chi connectivity index (χ1) is 9.04. The molecule has 1 unspecified atom stereocenters. The van der Waals surface area contributed by atoms with Crippen molar-refractivity contribution < 1.29 is 14.3 Å². The molecule has 2 heterocycles. The quantitative estimate of drug-likeness (QED) is 0.864. The molecule has 0 saturated carbocycles. The number of carbonyl (C=O) groups is 1. The van der Waals surface area contributed by atoms with Gasteiger partial charge in [-0.25, -0.2) is 4.98 Å². The molecule has 0 bridgehead atoms. The average Bonchev–Trinajstić information content (AvgIpc) is 2.84. The topological polar surface area (TPSA) is 60.5 Å². The molecule has 2 rings (SSSR count). The van der Waals surface area contributed by atoms with E-state index in [4.69, 9.17) is 32.7 Å². The van der Waals surface area contributed by atoms with Gasteiger partial charge in [-0.3, -0.25) is 4.79 Å². The Balaban J connectivity index is 2.01. The molecule has 1 fully saturated rings. The highest BCUT2D eigenvalue weighted by molar-refractivity contribution is 6.33. The van der Waals surface area contributed by atoms with E-state index in [0.717, 1.165) is 6.42 Å². The molecule has 1 aromatic heterocycles. The molecule has 104 valence electrons. The van der Waals surface area contributed by atoms with Gasteiger partial charge in [0, 0.05) is 32.2 Å². The van der Waals surface area contributed by atoms with Crippen molar-refractivity contribution in [1.29, 1.82) is 0 Å². The fourth-order valence-corrected chi connectivity index (χ4v) is 2.36. The molecular formula is C12H14Cl2N2O3. The predicted octanol–water partition coefficient (Wildman–Crippen LogP) is 1.92. The summed E-state index contributed by atoms with van der Waals surface area (Å²) < 4.78 is 10.7. The lowest BCUT2D eigenvalue weighted by molar-refractivity contribution is -0.0148. The first-order valence-corrected chi connectivity index (χ1v) is 6.54. The van der Waals surface area contributed by atoms with Crippen molar-refractivity contribution in [3.8, 4) is 0 Å². The molecule has 0 aromatic carbocycles. The van der Waals surface area contributed by atoms with Crippen molar-refractivity contribution in [2.24, 2.45) is 0 Å². The first kappa shape index (κ1) is 14.5. The molecule has 19 heavy (non-hydrogen) atoms. The van der Waals surface area contributed by atoms with E-state index in [1.807, 2.05) is 0 Å². The SMILES string of the molecule is COC1(CNC(=O)c2cc(Cl)nc(Cl)c2)CCOC1. The van der Waals surface area contributed by atoms with Crippen LogP contribution >= 0.6 is 23.2 Å². The van der Waals surface area contributed by atoms with E-state index in [1.165, 1.54) is 12.1 Å². The Morgan fingerprint density at radius 3 is 2.74 bits per heavy atom. The minimum Gasteiger partial charge on any atom is -0.378 e. The molecular weight excluding hydrogens is 291 g/mol. The van der Waals surface area contributed by atoms with Crippen LogP contribution in [0.5, 0.6) is 0 Å². The molecule has 0 radical (unpaired) electrons. The second kappa shape index (κ2) is 6.05. The maximum Gasteiger partial charge on any atom is 0.251 e. The number of nitrogens with zero attached hydrogens (tertiary/aromatic N) is 1. The monoisotopic (exact) mass is 304 g/mol. The molecule has 1 aliphatic rings. The normalized spacial score (nSPS) is 22.5. The molecule has 1 aromatic rings. The molecule has 5 nitrogen and oxygen atoms in total. The van der Waals surface area contributed by atoms with Crippen LogP contribution in [0.15, 0.2) is 12.1 Å². The molecule has 1 saturated heterocycles. The van der Waals surface area contributed by atoms with Gasteiger partial charge in [-0.05, 0) is 12.1 Å². The molecule has 1 aliphatic heterocycles. The summed E-state index contributed by atoms with van der Waals surface area (Å²) in [7, 11) is 1.61. The third kappa shape index (κ3) is 3.57. The van der Waals surface area contributed by atoms with Gasteiger partial charge in [0.1, 0.15) is 15.9 Å². The summed E-state index contributed by atoms with van der Waals surface area (Å²) in [4.78, 5) is 15.8. The summed E-state index contributed by atoms with van der Waals surface area (Å²) in [5.41, 5.74) is -0.0776. The maximum absolute atomic E-state index is 12.0. The zero-order valence-corrected chi connectivity index (χ0v) is 11.9. The van der Waals surface area contributed by atoms with Crippen molar-refractivity contribution >= 4 is 29.1 Å². The summed E-state index contributed by atoms with van der Waals surface area (Å²) in [6.07, 6.45) is 0.752. The lowest BCUT2D eigenvalue weighted by Gasteiger charge is -2.25. The molecule has 1 atom stereocenters. The number of methoxy groups -OCH3 is 1. The number of aromatic nitrogens is 1. The number of halogens is 2. The molecule has 1 N–H and O–H groups in total. The van der Waals surface area contributed by atoms with Gasteiger partial charge in [-0.15, -0.1) is 0 Å². The van der Waals surface area contributed by atoms with Crippen LogP contribution in [0.2, 0.25) is 10.3 Å². The van der Waals surface area contributed by atoms with Crippen LogP contribution in [-0.2, 0) is 9.47 Å². The van der Waals surface area contributed by atoms with E-state index in [-0.39, 0.29) is 16.2 Å². The van der Waals surface area contributed by atoms with E-state index < -0.39 is 5.60 Å². The predicted molar refractivity (Wildman–Crippen MR) is 71.8 cm³/mol. The Kier molecular flexibility index (Phi) is 4.62. The fraction of sp³-hybridized carbons (Fsp3) is 0.500. The summed E-state index contributed by atoms with van der Waals surface area (Å²) in [6, 6.07) is 2.93.